The van der Waals surface area contributed by atoms with Crippen LogP contribution in [0.1, 0.15) is 26.7 Å². The fourth-order valence-electron chi connectivity index (χ4n) is 3.73. The zero-order valence-electron chi connectivity index (χ0n) is 13.3. The molecular weight excluding hydrogens is 435 g/mol. The van der Waals surface area contributed by atoms with Crippen molar-refractivity contribution in [1.82, 2.24) is 0 Å². The van der Waals surface area contributed by atoms with E-state index in [1.54, 1.807) is 0 Å². The highest BCUT2D eigenvalue weighted by Crippen LogP contribution is 2.55. The first-order chi connectivity index (χ1) is 10.7. The fraction of sp³-hybridized carbons (Fsp3) is 0.867. The molecule has 1 saturated heterocycles. The summed E-state index contributed by atoms with van der Waals surface area (Å²) in [7, 11) is -3.46. The van der Waals surface area contributed by atoms with Gasteiger partial charge in [0.2, 0.25) is 0 Å². The molecule has 6 atom stereocenters. The van der Waals surface area contributed by atoms with E-state index in [1.165, 1.54) is 0 Å². The number of fused-ring (bicyclic) bond motifs is 1. The Balaban J connectivity index is 1.54. The molecular formula is C15H23IO6S. The second-order valence-electron chi connectivity index (χ2n) is 7.29. The van der Waals surface area contributed by atoms with Gasteiger partial charge < -0.3 is 14.6 Å². The van der Waals surface area contributed by atoms with Gasteiger partial charge in [0, 0.05) is 15.8 Å². The molecule has 8 heteroatoms. The van der Waals surface area contributed by atoms with Crippen LogP contribution in [0, 0.1) is 17.3 Å². The molecule has 0 aromatic carbocycles. The summed E-state index contributed by atoms with van der Waals surface area (Å²) in [5.41, 5.74) is -0.178. The van der Waals surface area contributed by atoms with E-state index in [9.17, 15) is 13.5 Å². The largest absolute Gasteiger partial charge is 0.493 e. The summed E-state index contributed by atoms with van der Waals surface area (Å²) in [4.78, 5) is 0. The topological polar surface area (TPSA) is 82.1 Å². The molecule has 6 unspecified atom stereocenters. The standard InChI is InChI=1S/C15H23IO6S/c1-8(15(2,3)7-16)20-6-12(17)21-13-9-4-10-11(5-9)23(18,19)22-14(10)13/h9-14,17H,1,4-7H2,2-3H3. The van der Waals surface area contributed by atoms with E-state index in [0.717, 1.165) is 10.8 Å². The fourth-order valence-corrected chi connectivity index (χ4v) is 6.04. The number of hydrogen-bond donors (Lipinski definition) is 1. The molecule has 0 amide bonds. The van der Waals surface area contributed by atoms with E-state index < -0.39 is 22.5 Å². The number of allylic oxidation sites excluding steroid dienone is 1. The maximum Gasteiger partial charge on any atom is 0.270 e. The Labute approximate surface area is 150 Å². The summed E-state index contributed by atoms with van der Waals surface area (Å²) in [5.74, 6) is 0.745. The van der Waals surface area contributed by atoms with Gasteiger partial charge in [-0.2, -0.15) is 8.42 Å². The number of aliphatic hydroxyl groups is 1. The highest BCUT2D eigenvalue weighted by molar-refractivity contribution is 14.1. The first kappa shape index (κ1) is 17.9. The van der Waals surface area contributed by atoms with Crippen LogP contribution in [-0.2, 0) is 23.8 Å². The van der Waals surface area contributed by atoms with Crippen molar-refractivity contribution in [2.24, 2.45) is 17.3 Å². The molecule has 1 heterocycles. The van der Waals surface area contributed by atoms with Crippen molar-refractivity contribution in [3.05, 3.63) is 12.3 Å². The Morgan fingerprint density at radius 3 is 2.83 bits per heavy atom. The lowest BCUT2D eigenvalue weighted by Gasteiger charge is -2.29. The Bertz CT molecular complexity index is 589. The van der Waals surface area contributed by atoms with Crippen LogP contribution < -0.4 is 0 Å². The number of aliphatic hydroxyl groups excluding tert-OH is 1. The third-order valence-electron chi connectivity index (χ3n) is 5.22. The van der Waals surface area contributed by atoms with Crippen molar-refractivity contribution < 1.29 is 27.2 Å². The lowest BCUT2D eigenvalue weighted by Crippen LogP contribution is -2.39. The van der Waals surface area contributed by atoms with Crippen molar-refractivity contribution in [2.75, 3.05) is 11.0 Å². The summed E-state index contributed by atoms with van der Waals surface area (Å²) >= 11 is 2.26. The molecule has 1 aliphatic heterocycles. The predicted octanol–water partition coefficient (Wildman–Crippen LogP) is 1.82. The van der Waals surface area contributed by atoms with Crippen LogP contribution in [0.5, 0.6) is 0 Å². The third kappa shape index (κ3) is 3.17. The second kappa shape index (κ2) is 6.12. The summed E-state index contributed by atoms with van der Waals surface area (Å²) in [6.07, 6.45) is -0.589. The minimum atomic E-state index is -3.46. The monoisotopic (exact) mass is 458 g/mol. The molecule has 0 radical (unpaired) electrons. The first-order valence-electron chi connectivity index (χ1n) is 7.79. The van der Waals surface area contributed by atoms with Gasteiger partial charge in [-0.25, -0.2) is 0 Å². The molecule has 23 heavy (non-hydrogen) atoms. The Morgan fingerprint density at radius 1 is 1.48 bits per heavy atom. The number of hydrogen-bond acceptors (Lipinski definition) is 6. The van der Waals surface area contributed by atoms with Crippen LogP contribution in [0.15, 0.2) is 12.3 Å². The van der Waals surface area contributed by atoms with Gasteiger partial charge in [0.05, 0.1) is 17.1 Å². The van der Waals surface area contributed by atoms with Crippen LogP contribution in [-0.4, -0.2) is 48.3 Å². The molecule has 1 N–H and O–H groups in total. The number of halogens is 1. The van der Waals surface area contributed by atoms with Crippen LogP contribution in [0.3, 0.4) is 0 Å². The minimum absolute atomic E-state index is 0.0102. The average Bonchev–Trinajstić information content (AvgIpc) is 3.08. The second-order valence-corrected chi connectivity index (χ2v) is 9.84. The van der Waals surface area contributed by atoms with E-state index in [-0.39, 0.29) is 35.2 Å². The van der Waals surface area contributed by atoms with E-state index in [4.69, 9.17) is 13.7 Å². The van der Waals surface area contributed by atoms with Gasteiger partial charge in [-0.3, -0.25) is 4.18 Å². The van der Waals surface area contributed by atoms with Crippen LogP contribution in [0.2, 0.25) is 0 Å². The molecule has 2 bridgehead atoms. The molecule has 2 aliphatic carbocycles. The van der Waals surface area contributed by atoms with Gasteiger partial charge >= 0.3 is 0 Å². The van der Waals surface area contributed by atoms with Crippen molar-refractivity contribution in [3.63, 3.8) is 0 Å². The number of rotatable bonds is 7. The van der Waals surface area contributed by atoms with Crippen molar-refractivity contribution in [1.29, 1.82) is 0 Å². The Kier molecular flexibility index (Phi) is 4.76. The van der Waals surface area contributed by atoms with Gasteiger partial charge in [0.1, 0.15) is 12.7 Å². The molecule has 0 aromatic heterocycles. The summed E-state index contributed by atoms with van der Waals surface area (Å²) in [5, 5.41) is 9.71. The van der Waals surface area contributed by atoms with Crippen molar-refractivity contribution >= 4 is 32.7 Å². The molecule has 3 fully saturated rings. The van der Waals surface area contributed by atoms with E-state index in [1.807, 2.05) is 13.8 Å². The van der Waals surface area contributed by atoms with Crippen LogP contribution >= 0.6 is 22.6 Å². The summed E-state index contributed by atoms with van der Waals surface area (Å²) < 4.78 is 41.0. The number of alkyl halides is 1. The average molecular weight is 458 g/mol. The molecule has 0 spiro atoms. The zero-order chi connectivity index (χ0) is 17.0. The number of ether oxygens (including phenoxy) is 2. The smallest absolute Gasteiger partial charge is 0.270 e. The minimum Gasteiger partial charge on any atom is -0.493 e. The van der Waals surface area contributed by atoms with E-state index >= 15 is 0 Å². The Hall–Kier alpha value is 0.1000. The highest BCUT2D eigenvalue weighted by atomic mass is 127. The molecule has 3 rings (SSSR count). The van der Waals surface area contributed by atoms with Gasteiger partial charge in [-0.05, 0) is 18.8 Å². The lowest BCUT2D eigenvalue weighted by atomic mass is 9.94. The zero-order valence-corrected chi connectivity index (χ0v) is 16.2. The van der Waals surface area contributed by atoms with Crippen LogP contribution in [0.4, 0.5) is 0 Å². The quantitative estimate of drug-likeness (QED) is 0.206. The molecule has 132 valence electrons. The molecule has 0 aromatic rings. The molecule has 2 saturated carbocycles. The van der Waals surface area contributed by atoms with Gasteiger partial charge in [0.25, 0.3) is 10.1 Å². The van der Waals surface area contributed by atoms with Crippen molar-refractivity contribution in [2.45, 2.75) is 50.4 Å². The third-order valence-corrected chi connectivity index (χ3v) is 8.90. The Morgan fingerprint density at radius 2 is 2.17 bits per heavy atom. The maximum atomic E-state index is 11.9. The SMILES string of the molecule is C=C(OCC(O)OC1C2CC3C1OS(=O)(=O)C3C2)C(C)(C)CI. The first-order valence-corrected chi connectivity index (χ1v) is 10.8. The molecule has 6 nitrogen and oxygen atoms in total. The van der Waals surface area contributed by atoms with E-state index in [2.05, 4.69) is 29.2 Å². The highest BCUT2D eigenvalue weighted by Gasteiger charge is 2.64. The molecule has 3 aliphatic rings. The van der Waals surface area contributed by atoms with E-state index in [0.29, 0.717) is 12.2 Å². The van der Waals surface area contributed by atoms with Gasteiger partial charge in [0.15, 0.2) is 6.29 Å². The van der Waals surface area contributed by atoms with Gasteiger partial charge in [-0.1, -0.05) is 43.0 Å². The van der Waals surface area contributed by atoms with Gasteiger partial charge in [-0.15, -0.1) is 0 Å². The lowest BCUT2D eigenvalue weighted by molar-refractivity contribution is -0.187. The normalized spacial score (nSPS) is 38.7. The van der Waals surface area contributed by atoms with Crippen LogP contribution in [0.25, 0.3) is 0 Å². The summed E-state index contributed by atoms with van der Waals surface area (Å²) in [6, 6.07) is 0. The van der Waals surface area contributed by atoms with Crippen molar-refractivity contribution in [3.8, 4) is 0 Å². The maximum absolute atomic E-state index is 11.9. The predicted molar refractivity (Wildman–Crippen MR) is 92.4 cm³/mol. The summed E-state index contributed by atoms with van der Waals surface area (Å²) in [6.45, 7) is 7.91.